The van der Waals surface area contributed by atoms with Crippen LogP contribution in [0.2, 0.25) is 0 Å². The van der Waals surface area contributed by atoms with E-state index in [1.54, 1.807) is 48.5 Å². The van der Waals surface area contributed by atoms with Gasteiger partial charge in [0, 0.05) is 0 Å². The first-order chi connectivity index (χ1) is 13.4. The van der Waals surface area contributed by atoms with Crippen molar-refractivity contribution in [3.05, 3.63) is 72.3 Å². The fraction of sp³-hybridized carbons (Fsp3) is 0.364. The molecular formula is C22H24O4S2. The van der Waals surface area contributed by atoms with E-state index < -0.39 is 30.7 Å². The van der Waals surface area contributed by atoms with Crippen LogP contribution >= 0.6 is 0 Å². The minimum Gasteiger partial charge on any atom is -0.224 e. The molecule has 3 aliphatic rings. The molecule has 0 N–H and O–H groups in total. The molecule has 0 heterocycles. The Balaban J connectivity index is 1.68. The fourth-order valence-electron chi connectivity index (χ4n) is 4.26. The Morgan fingerprint density at radius 3 is 1.93 bits per heavy atom. The van der Waals surface area contributed by atoms with Gasteiger partial charge in [0.15, 0.2) is 19.7 Å². The lowest BCUT2D eigenvalue weighted by atomic mass is 9.64. The highest BCUT2D eigenvalue weighted by molar-refractivity contribution is 7.95. The van der Waals surface area contributed by atoms with Gasteiger partial charge in [0.1, 0.15) is 0 Å². The highest BCUT2D eigenvalue weighted by atomic mass is 32.2. The Bertz CT molecular complexity index is 1070. The molecule has 1 atom stereocenters. The largest absolute Gasteiger partial charge is 0.224 e. The summed E-state index contributed by atoms with van der Waals surface area (Å²) in [7, 11) is -7.48. The molecule has 4 nitrogen and oxygen atoms in total. The van der Waals surface area contributed by atoms with Crippen molar-refractivity contribution < 1.29 is 16.8 Å². The molecule has 6 heteroatoms. The van der Waals surface area contributed by atoms with Crippen molar-refractivity contribution in [3.8, 4) is 0 Å². The molecule has 1 fully saturated rings. The molecule has 1 unspecified atom stereocenters. The summed E-state index contributed by atoms with van der Waals surface area (Å²) in [5, 5.41) is -0.983. The molecule has 0 aromatic heterocycles. The number of fused-ring (bicyclic) bond motifs is 1. The van der Waals surface area contributed by atoms with Crippen LogP contribution in [0.25, 0.3) is 0 Å². The zero-order valence-corrected chi connectivity index (χ0v) is 17.2. The summed E-state index contributed by atoms with van der Waals surface area (Å²) in [6.45, 7) is 0. The van der Waals surface area contributed by atoms with E-state index in [0.717, 1.165) is 30.8 Å². The van der Waals surface area contributed by atoms with E-state index in [4.69, 9.17) is 0 Å². The Morgan fingerprint density at radius 2 is 1.39 bits per heavy atom. The van der Waals surface area contributed by atoms with Crippen LogP contribution in [0.5, 0.6) is 0 Å². The molecule has 1 saturated carbocycles. The monoisotopic (exact) mass is 416 g/mol. The maximum Gasteiger partial charge on any atom is 0.182 e. The van der Waals surface area contributed by atoms with Gasteiger partial charge < -0.3 is 0 Å². The molecule has 148 valence electrons. The average molecular weight is 417 g/mol. The number of benzene rings is 2. The lowest BCUT2D eigenvalue weighted by Gasteiger charge is -2.42. The third-order valence-corrected chi connectivity index (χ3v) is 10.1. The summed E-state index contributed by atoms with van der Waals surface area (Å²) >= 11 is 0. The van der Waals surface area contributed by atoms with Crippen LogP contribution in [0.4, 0.5) is 0 Å². The van der Waals surface area contributed by atoms with E-state index in [-0.39, 0.29) is 9.79 Å². The van der Waals surface area contributed by atoms with E-state index in [0.29, 0.717) is 12.3 Å². The van der Waals surface area contributed by atoms with Crippen molar-refractivity contribution in [3.63, 3.8) is 0 Å². The van der Waals surface area contributed by atoms with Crippen LogP contribution in [0, 0.1) is 11.8 Å². The van der Waals surface area contributed by atoms with Gasteiger partial charge in [-0.05, 0) is 61.8 Å². The fourth-order valence-corrected chi connectivity index (χ4v) is 8.22. The predicted octanol–water partition coefficient (Wildman–Crippen LogP) is 4.05. The van der Waals surface area contributed by atoms with Gasteiger partial charge in [-0.3, -0.25) is 0 Å². The SMILES string of the molecule is O=S(=O)(CC(CC1=CCC2CC1C2)S(=O)(=O)c1ccccc1)c1ccccc1. The van der Waals surface area contributed by atoms with Gasteiger partial charge in [-0.2, -0.15) is 0 Å². The van der Waals surface area contributed by atoms with Crippen LogP contribution < -0.4 is 0 Å². The van der Waals surface area contributed by atoms with Gasteiger partial charge >= 0.3 is 0 Å². The second-order valence-electron chi connectivity index (χ2n) is 7.83. The highest BCUT2D eigenvalue weighted by Gasteiger charge is 2.39. The van der Waals surface area contributed by atoms with Crippen molar-refractivity contribution in [1.29, 1.82) is 0 Å². The number of hydrogen-bond acceptors (Lipinski definition) is 4. The first-order valence-corrected chi connectivity index (χ1v) is 12.8. The number of allylic oxidation sites excluding steroid dienone is 2. The van der Waals surface area contributed by atoms with Gasteiger partial charge in [0.2, 0.25) is 0 Å². The summed E-state index contributed by atoms with van der Waals surface area (Å²) in [6.07, 6.45) is 5.63. The van der Waals surface area contributed by atoms with E-state index >= 15 is 0 Å². The lowest BCUT2D eigenvalue weighted by molar-refractivity contribution is 0.205. The molecule has 0 saturated heterocycles. The summed E-state index contributed by atoms with van der Waals surface area (Å²) in [5.74, 6) is 0.750. The van der Waals surface area contributed by atoms with Crippen LogP contribution in [-0.2, 0) is 19.7 Å². The van der Waals surface area contributed by atoms with Gasteiger partial charge in [-0.15, -0.1) is 0 Å². The molecule has 2 bridgehead atoms. The maximum atomic E-state index is 13.3. The van der Waals surface area contributed by atoms with Crippen LogP contribution in [0.3, 0.4) is 0 Å². The predicted molar refractivity (Wildman–Crippen MR) is 109 cm³/mol. The van der Waals surface area contributed by atoms with E-state index in [1.807, 2.05) is 0 Å². The molecular weight excluding hydrogens is 392 g/mol. The summed E-state index contributed by atoms with van der Waals surface area (Å²) in [6, 6.07) is 16.3. The van der Waals surface area contributed by atoms with Crippen molar-refractivity contribution >= 4 is 19.7 Å². The Labute approximate surface area is 167 Å². The third kappa shape index (κ3) is 3.80. The van der Waals surface area contributed by atoms with Crippen LogP contribution in [-0.4, -0.2) is 27.8 Å². The van der Waals surface area contributed by atoms with Gasteiger partial charge in [0.25, 0.3) is 0 Å². The molecule has 5 rings (SSSR count). The Hall–Kier alpha value is -1.92. The zero-order chi connectivity index (χ0) is 19.8. The molecule has 0 amide bonds. The lowest BCUT2D eigenvalue weighted by Crippen LogP contribution is -2.35. The number of sulfone groups is 2. The topological polar surface area (TPSA) is 68.3 Å². The van der Waals surface area contributed by atoms with Crippen molar-refractivity contribution in [2.24, 2.45) is 11.8 Å². The number of hydrogen-bond donors (Lipinski definition) is 0. The quantitative estimate of drug-likeness (QED) is 0.639. The maximum absolute atomic E-state index is 13.3. The summed E-state index contributed by atoms with van der Waals surface area (Å²) in [4.78, 5) is 0.357. The van der Waals surface area contributed by atoms with Crippen LogP contribution in [0.15, 0.2) is 82.1 Å². The molecule has 2 aromatic carbocycles. The van der Waals surface area contributed by atoms with E-state index in [1.165, 1.54) is 12.1 Å². The van der Waals surface area contributed by atoms with Gasteiger partial charge in [-0.25, -0.2) is 16.8 Å². The molecule has 28 heavy (non-hydrogen) atoms. The second kappa shape index (κ2) is 7.48. The third-order valence-electron chi connectivity index (χ3n) is 5.96. The Morgan fingerprint density at radius 1 is 0.821 bits per heavy atom. The van der Waals surface area contributed by atoms with Crippen LogP contribution in [0.1, 0.15) is 25.7 Å². The second-order valence-corrected chi connectivity index (χ2v) is 12.1. The molecule has 0 aliphatic heterocycles. The smallest absolute Gasteiger partial charge is 0.182 e. The summed E-state index contributed by atoms with van der Waals surface area (Å²) in [5.41, 5.74) is 1.12. The minimum absolute atomic E-state index is 0.171. The zero-order valence-electron chi connectivity index (χ0n) is 15.6. The molecule has 0 radical (unpaired) electrons. The van der Waals surface area contributed by atoms with Gasteiger partial charge in [0.05, 0.1) is 20.8 Å². The standard InChI is InChI=1S/C22H24O4S2/c23-27(24,20-7-3-1-4-8-20)16-22(15-18-12-11-17-13-19(18)14-17)28(25,26)21-9-5-2-6-10-21/h1-10,12,17,19,22H,11,13-16H2. The molecule has 2 aromatic rings. The van der Waals surface area contributed by atoms with E-state index in [2.05, 4.69) is 6.08 Å². The molecule has 3 aliphatic carbocycles. The van der Waals surface area contributed by atoms with Crippen molar-refractivity contribution in [1.82, 2.24) is 0 Å². The van der Waals surface area contributed by atoms with E-state index in [9.17, 15) is 16.8 Å². The number of rotatable bonds is 7. The average Bonchev–Trinajstić information content (AvgIpc) is 2.68. The van der Waals surface area contributed by atoms with Crippen molar-refractivity contribution in [2.75, 3.05) is 5.75 Å². The highest BCUT2D eigenvalue weighted by Crippen LogP contribution is 2.47. The minimum atomic E-state index is -3.77. The molecule has 0 spiro atoms. The van der Waals surface area contributed by atoms with Gasteiger partial charge in [-0.1, -0.05) is 48.0 Å². The first kappa shape index (κ1) is 19.4. The first-order valence-electron chi connectivity index (χ1n) is 9.62. The summed E-state index contributed by atoms with van der Waals surface area (Å²) < 4.78 is 52.6. The Kier molecular flexibility index (Phi) is 5.19. The van der Waals surface area contributed by atoms with Crippen molar-refractivity contribution in [2.45, 2.75) is 40.7 Å². The normalized spacial score (nSPS) is 22.8.